The van der Waals surface area contributed by atoms with Gasteiger partial charge in [0.1, 0.15) is 29.9 Å². The normalized spacial score (nSPS) is 15.5. The van der Waals surface area contributed by atoms with Crippen LogP contribution in [0.15, 0.2) is 41.2 Å². The molecule has 1 fully saturated rings. The monoisotopic (exact) mass is 544 g/mol. The van der Waals surface area contributed by atoms with Crippen molar-refractivity contribution in [3.8, 4) is 11.8 Å². The van der Waals surface area contributed by atoms with Crippen LogP contribution >= 0.6 is 0 Å². The van der Waals surface area contributed by atoms with Crippen LogP contribution in [-0.2, 0) is 15.9 Å². The highest BCUT2D eigenvalue weighted by Gasteiger charge is 2.32. The lowest BCUT2D eigenvalue weighted by Gasteiger charge is -2.24. The number of carbonyl (C=O) groups is 1. The number of aromatic nitrogens is 4. The van der Waals surface area contributed by atoms with E-state index in [9.17, 15) is 14.9 Å². The van der Waals surface area contributed by atoms with Crippen molar-refractivity contribution >= 4 is 27.9 Å². The van der Waals surface area contributed by atoms with Gasteiger partial charge in [-0.25, -0.2) is 14.5 Å². The van der Waals surface area contributed by atoms with E-state index in [4.69, 9.17) is 24.3 Å². The van der Waals surface area contributed by atoms with Crippen molar-refractivity contribution in [1.29, 1.82) is 5.26 Å². The van der Waals surface area contributed by atoms with Gasteiger partial charge in [-0.2, -0.15) is 10.4 Å². The Kier molecular flexibility index (Phi) is 7.45. The lowest BCUT2D eigenvalue weighted by Crippen LogP contribution is -2.36. The maximum Gasteiger partial charge on any atom is 0.410 e. The highest BCUT2D eigenvalue weighted by Crippen LogP contribution is 2.27. The van der Waals surface area contributed by atoms with Crippen LogP contribution < -0.4 is 10.3 Å². The first-order valence-corrected chi connectivity index (χ1v) is 13.2. The van der Waals surface area contributed by atoms with Crippen LogP contribution in [0.5, 0.6) is 5.75 Å². The highest BCUT2D eigenvalue weighted by molar-refractivity contribution is 5.84. The summed E-state index contributed by atoms with van der Waals surface area (Å²) in [5.74, 6) is 1.08. The van der Waals surface area contributed by atoms with Gasteiger partial charge in [0.05, 0.1) is 46.7 Å². The minimum Gasteiger partial charge on any atom is -0.490 e. The summed E-state index contributed by atoms with van der Waals surface area (Å²) in [4.78, 5) is 35.7. The molecular formula is C29H32N6O5. The second-order valence-corrected chi connectivity index (χ2v) is 10.8. The average Bonchev–Trinajstić information content (AvgIpc) is 3.56. The number of hydrogen-bond acceptors (Lipinski definition) is 8. The smallest absolute Gasteiger partial charge is 0.410 e. The fourth-order valence-electron chi connectivity index (χ4n) is 4.86. The van der Waals surface area contributed by atoms with E-state index in [1.807, 2.05) is 39.0 Å². The van der Waals surface area contributed by atoms with Crippen LogP contribution in [0.25, 0.3) is 21.8 Å². The molecule has 11 heteroatoms. The van der Waals surface area contributed by atoms with Crippen molar-refractivity contribution in [3.05, 3.63) is 63.8 Å². The number of aromatic amines is 1. The van der Waals surface area contributed by atoms with Crippen molar-refractivity contribution < 1.29 is 19.0 Å². The summed E-state index contributed by atoms with van der Waals surface area (Å²) in [7, 11) is 1.59. The number of ether oxygens (including phenoxy) is 3. The Balaban J connectivity index is 1.46. The van der Waals surface area contributed by atoms with Gasteiger partial charge < -0.3 is 24.1 Å². The number of methoxy groups -OCH3 is 1. The molecule has 1 saturated heterocycles. The van der Waals surface area contributed by atoms with Crippen molar-refractivity contribution in [2.24, 2.45) is 0 Å². The Hall–Kier alpha value is -4.43. The minimum absolute atomic E-state index is 0.198. The van der Waals surface area contributed by atoms with Crippen molar-refractivity contribution in [2.45, 2.75) is 45.3 Å². The van der Waals surface area contributed by atoms with Gasteiger partial charge in [-0.05, 0) is 39.3 Å². The lowest BCUT2D eigenvalue weighted by atomic mass is 10.1. The molecule has 0 spiro atoms. The molecule has 2 aromatic carbocycles. The Morgan fingerprint density at radius 3 is 2.70 bits per heavy atom. The molecule has 4 aromatic rings. The number of nitrogens with one attached hydrogen (secondary N) is 1. The summed E-state index contributed by atoms with van der Waals surface area (Å²) >= 11 is 0. The number of benzene rings is 2. The van der Waals surface area contributed by atoms with E-state index >= 15 is 0 Å². The number of rotatable bonds is 7. The summed E-state index contributed by atoms with van der Waals surface area (Å²) in [6.45, 7) is 7.03. The predicted octanol–water partition coefficient (Wildman–Crippen LogP) is 3.94. The number of H-pyrrole nitrogens is 1. The number of nitriles is 1. The van der Waals surface area contributed by atoms with Gasteiger partial charge >= 0.3 is 6.09 Å². The summed E-state index contributed by atoms with van der Waals surface area (Å²) in [5.41, 5.74) is 1.64. The van der Waals surface area contributed by atoms with E-state index in [2.05, 4.69) is 11.1 Å². The SMILES string of the molecule is COCCOc1cc2nc(Cc3nn(C4CCN(C(=O)OC(C)(C)C)C4)c(=O)c4ccccc34)[nH]c2cc1C#N. The highest BCUT2D eigenvalue weighted by atomic mass is 16.6. The van der Waals surface area contributed by atoms with Gasteiger partial charge in [-0.15, -0.1) is 0 Å². The molecule has 1 aliphatic rings. The van der Waals surface area contributed by atoms with Gasteiger partial charge in [0, 0.05) is 31.7 Å². The third-order valence-corrected chi connectivity index (χ3v) is 6.70. The standard InChI is InChI=1S/C29H32N6O5/c1-29(2,3)40-28(37)34-10-9-19(17-34)35-27(36)21-8-6-5-7-20(21)22(33-35)15-26-31-23-13-18(16-30)25(14-24(23)32-26)39-12-11-38-4/h5-8,13-14,19H,9-12,15,17H2,1-4H3,(H,31,32). The molecule has 1 amide bonds. The molecule has 0 aliphatic carbocycles. The Morgan fingerprint density at radius 2 is 1.98 bits per heavy atom. The molecule has 0 saturated carbocycles. The zero-order valence-electron chi connectivity index (χ0n) is 23.1. The van der Waals surface area contributed by atoms with Crippen LogP contribution in [0.3, 0.4) is 0 Å². The number of fused-ring (bicyclic) bond motifs is 2. The quantitative estimate of drug-likeness (QED) is 0.346. The molecule has 3 heterocycles. The summed E-state index contributed by atoms with van der Waals surface area (Å²) < 4.78 is 17.8. The third-order valence-electron chi connectivity index (χ3n) is 6.70. The van der Waals surface area contributed by atoms with Gasteiger partial charge in [0.25, 0.3) is 5.56 Å². The molecule has 0 radical (unpaired) electrons. The Bertz CT molecular complexity index is 1660. The number of carbonyl (C=O) groups excluding carboxylic acids is 1. The first-order valence-electron chi connectivity index (χ1n) is 13.2. The lowest BCUT2D eigenvalue weighted by molar-refractivity contribution is 0.0288. The zero-order valence-corrected chi connectivity index (χ0v) is 23.1. The fraction of sp³-hybridized carbons (Fsp3) is 0.414. The van der Waals surface area contributed by atoms with E-state index in [-0.39, 0.29) is 11.6 Å². The molecule has 0 bridgehead atoms. The van der Waals surface area contributed by atoms with Crippen LogP contribution in [0.1, 0.15) is 50.3 Å². The maximum absolute atomic E-state index is 13.5. The Labute approximate surface area is 231 Å². The maximum atomic E-state index is 13.5. The second-order valence-electron chi connectivity index (χ2n) is 10.8. The van der Waals surface area contributed by atoms with E-state index in [1.165, 1.54) is 4.68 Å². The molecule has 1 atom stereocenters. The van der Waals surface area contributed by atoms with Gasteiger partial charge in [-0.3, -0.25) is 4.79 Å². The van der Waals surface area contributed by atoms with Crippen LogP contribution in [0, 0.1) is 11.3 Å². The molecule has 1 N–H and O–H groups in total. The summed E-state index contributed by atoms with van der Waals surface area (Å²) in [6, 6.07) is 12.7. The third kappa shape index (κ3) is 5.62. The topological polar surface area (TPSA) is 135 Å². The van der Waals surface area contributed by atoms with E-state index in [1.54, 1.807) is 30.2 Å². The second kappa shape index (κ2) is 11.0. The van der Waals surface area contributed by atoms with Crippen molar-refractivity contribution in [1.82, 2.24) is 24.6 Å². The average molecular weight is 545 g/mol. The van der Waals surface area contributed by atoms with Crippen LogP contribution in [0.4, 0.5) is 4.79 Å². The minimum atomic E-state index is -0.599. The predicted molar refractivity (Wildman–Crippen MR) is 148 cm³/mol. The summed E-state index contributed by atoms with van der Waals surface area (Å²) in [6.07, 6.45) is 0.533. The Morgan fingerprint density at radius 1 is 1.20 bits per heavy atom. The van der Waals surface area contributed by atoms with E-state index in [0.29, 0.717) is 78.4 Å². The number of amides is 1. The van der Waals surface area contributed by atoms with Gasteiger partial charge in [0.2, 0.25) is 0 Å². The van der Waals surface area contributed by atoms with Crippen molar-refractivity contribution in [3.63, 3.8) is 0 Å². The van der Waals surface area contributed by atoms with E-state index in [0.717, 1.165) is 5.39 Å². The fourth-order valence-corrected chi connectivity index (χ4v) is 4.86. The molecule has 5 rings (SSSR count). The molecular weight excluding hydrogens is 512 g/mol. The van der Waals surface area contributed by atoms with Crippen molar-refractivity contribution in [2.75, 3.05) is 33.4 Å². The molecule has 40 heavy (non-hydrogen) atoms. The number of likely N-dealkylation sites (tertiary alicyclic amines) is 1. The molecule has 2 aromatic heterocycles. The molecule has 1 unspecified atom stereocenters. The number of nitrogens with zero attached hydrogens (tertiary/aromatic N) is 5. The van der Waals surface area contributed by atoms with E-state index < -0.39 is 11.7 Å². The number of hydrogen-bond donors (Lipinski definition) is 1. The number of imidazole rings is 1. The van der Waals surface area contributed by atoms with Crippen LogP contribution in [-0.4, -0.2) is 69.8 Å². The molecule has 11 nitrogen and oxygen atoms in total. The largest absolute Gasteiger partial charge is 0.490 e. The zero-order chi connectivity index (χ0) is 28.4. The van der Waals surface area contributed by atoms with Gasteiger partial charge in [0.15, 0.2) is 0 Å². The first-order chi connectivity index (χ1) is 19.2. The summed E-state index contributed by atoms with van der Waals surface area (Å²) in [5, 5.41) is 15.7. The molecule has 1 aliphatic heterocycles. The first kappa shape index (κ1) is 27.1. The molecule has 208 valence electrons. The van der Waals surface area contributed by atoms with Gasteiger partial charge in [-0.1, -0.05) is 18.2 Å². The van der Waals surface area contributed by atoms with Crippen LogP contribution in [0.2, 0.25) is 0 Å².